The van der Waals surface area contributed by atoms with Crippen molar-refractivity contribution < 1.29 is 9.53 Å². The van der Waals surface area contributed by atoms with E-state index in [9.17, 15) is 4.79 Å². The number of halogens is 1. The first-order valence-corrected chi connectivity index (χ1v) is 5.05. The van der Waals surface area contributed by atoms with Crippen LogP contribution < -0.4 is 0 Å². The zero-order valence-electron chi connectivity index (χ0n) is 7.63. The number of carbonyl (C=O) groups excluding carboxylic acids is 1. The van der Waals surface area contributed by atoms with Crippen LogP contribution in [0.2, 0.25) is 0 Å². The van der Waals surface area contributed by atoms with Crippen LogP contribution >= 0.6 is 15.9 Å². The van der Waals surface area contributed by atoms with Crippen molar-refractivity contribution in [2.75, 3.05) is 7.11 Å². The first-order valence-electron chi connectivity index (χ1n) is 3.93. The fourth-order valence-electron chi connectivity index (χ4n) is 1.08. The Hall–Kier alpha value is -0.830. The van der Waals surface area contributed by atoms with Crippen molar-refractivity contribution in [1.82, 2.24) is 0 Å². The first kappa shape index (κ1) is 10.3. The van der Waals surface area contributed by atoms with Gasteiger partial charge in [-0.25, -0.2) is 4.79 Å². The van der Waals surface area contributed by atoms with Gasteiger partial charge in [0, 0.05) is 5.33 Å². The van der Waals surface area contributed by atoms with E-state index in [1.54, 1.807) is 0 Å². The highest BCUT2D eigenvalue weighted by molar-refractivity contribution is 9.08. The van der Waals surface area contributed by atoms with Gasteiger partial charge in [0.05, 0.1) is 12.7 Å². The summed E-state index contributed by atoms with van der Waals surface area (Å²) in [5.74, 6) is -0.277. The van der Waals surface area contributed by atoms with E-state index in [4.69, 9.17) is 0 Å². The lowest BCUT2D eigenvalue weighted by Gasteiger charge is -2.04. The fraction of sp³-hybridized carbons (Fsp3) is 0.300. The van der Waals surface area contributed by atoms with E-state index in [1.165, 1.54) is 7.11 Å². The lowest BCUT2D eigenvalue weighted by Crippen LogP contribution is -2.04. The molecule has 0 aliphatic carbocycles. The molecule has 0 N–H and O–H groups in total. The number of aryl methyl sites for hydroxylation is 1. The monoisotopic (exact) mass is 242 g/mol. The van der Waals surface area contributed by atoms with Crippen molar-refractivity contribution in [1.29, 1.82) is 0 Å². The molecule has 0 bridgehead atoms. The van der Waals surface area contributed by atoms with E-state index in [-0.39, 0.29) is 5.97 Å². The van der Waals surface area contributed by atoms with Crippen LogP contribution in [0.1, 0.15) is 21.5 Å². The van der Waals surface area contributed by atoms with E-state index in [0.717, 1.165) is 16.5 Å². The third-order valence-corrected chi connectivity index (χ3v) is 2.51. The van der Waals surface area contributed by atoms with E-state index < -0.39 is 0 Å². The summed E-state index contributed by atoms with van der Waals surface area (Å²) in [6.45, 7) is 1.89. The number of rotatable bonds is 2. The Morgan fingerprint density at radius 2 is 2.23 bits per heavy atom. The summed E-state index contributed by atoms with van der Waals surface area (Å²) in [6, 6.07) is 5.75. The molecule has 1 aromatic carbocycles. The van der Waals surface area contributed by atoms with Gasteiger partial charge in [0.1, 0.15) is 0 Å². The highest BCUT2D eigenvalue weighted by atomic mass is 79.9. The lowest BCUT2D eigenvalue weighted by molar-refractivity contribution is 0.0600. The first-order chi connectivity index (χ1) is 6.19. The van der Waals surface area contributed by atoms with Gasteiger partial charge in [-0.15, -0.1) is 0 Å². The molecule has 0 saturated heterocycles. The van der Waals surface area contributed by atoms with E-state index >= 15 is 0 Å². The van der Waals surface area contributed by atoms with Crippen LogP contribution in [0.4, 0.5) is 0 Å². The predicted octanol–water partition coefficient (Wildman–Crippen LogP) is 2.68. The van der Waals surface area contributed by atoms with Gasteiger partial charge in [0.25, 0.3) is 0 Å². The van der Waals surface area contributed by atoms with Gasteiger partial charge in [-0.2, -0.15) is 0 Å². The van der Waals surface area contributed by atoms with Gasteiger partial charge >= 0.3 is 5.97 Å². The molecule has 0 saturated carbocycles. The van der Waals surface area contributed by atoms with Crippen molar-refractivity contribution in [3.8, 4) is 0 Å². The van der Waals surface area contributed by atoms with E-state index in [0.29, 0.717) is 5.56 Å². The Labute approximate surface area is 86.0 Å². The molecule has 70 valence electrons. The number of benzene rings is 1. The Balaban J connectivity index is 3.11. The molecular formula is C10H11BrO2. The van der Waals surface area contributed by atoms with Crippen LogP contribution in [-0.2, 0) is 10.1 Å². The number of ether oxygens (including phenoxy) is 1. The molecule has 1 rings (SSSR count). The summed E-state index contributed by atoms with van der Waals surface area (Å²) >= 11 is 3.34. The molecule has 0 amide bonds. The summed E-state index contributed by atoms with van der Waals surface area (Å²) < 4.78 is 4.66. The highest BCUT2D eigenvalue weighted by Gasteiger charge is 2.08. The molecule has 1 aromatic rings. The van der Waals surface area contributed by atoms with Crippen LogP contribution in [0.5, 0.6) is 0 Å². The van der Waals surface area contributed by atoms with Crippen molar-refractivity contribution in [2.45, 2.75) is 12.3 Å². The second-order valence-electron chi connectivity index (χ2n) is 2.77. The Kier molecular flexibility index (Phi) is 3.48. The number of hydrogen-bond donors (Lipinski definition) is 0. The molecule has 0 aliphatic rings. The summed E-state index contributed by atoms with van der Waals surface area (Å²) in [5.41, 5.74) is 2.65. The van der Waals surface area contributed by atoms with Gasteiger partial charge in [-0.1, -0.05) is 28.1 Å². The number of alkyl halides is 1. The maximum Gasteiger partial charge on any atom is 0.338 e. The van der Waals surface area contributed by atoms with Crippen LogP contribution in [-0.4, -0.2) is 13.1 Å². The molecule has 0 fully saturated rings. The second-order valence-corrected chi connectivity index (χ2v) is 3.34. The van der Waals surface area contributed by atoms with Crippen LogP contribution in [0.25, 0.3) is 0 Å². The lowest BCUT2D eigenvalue weighted by atomic mass is 10.1. The average Bonchev–Trinajstić information content (AvgIpc) is 2.17. The van der Waals surface area contributed by atoms with Gasteiger partial charge in [0.2, 0.25) is 0 Å². The van der Waals surface area contributed by atoms with Crippen LogP contribution in [0.15, 0.2) is 18.2 Å². The molecule has 0 spiro atoms. The third-order valence-electron chi connectivity index (χ3n) is 1.86. The normalized spacial score (nSPS) is 9.77. The van der Waals surface area contributed by atoms with Gasteiger partial charge < -0.3 is 4.74 Å². The highest BCUT2D eigenvalue weighted by Crippen LogP contribution is 2.14. The van der Waals surface area contributed by atoms with Crippen LogP contribution in [0, 0.1) is 6.92 Å². The van der Waals surface area contributed by atoms with E-state index in [2.05, 4.69) is 20.7 Å². The van der Waals surface area contributed by atoms with Gasteiger partial charge in [-0.05, 0) is 24.1 Å². The van der Waals surface area contributed by atoms with Crippen molar-refractivity contribution in [3.05, 3.63) is 34.9 Å². The van der Waals surface area contributed by atoms with Gasteiger partial charge in [-0.3, -0.25) is 0 Å². The summed E-state index contributed by atoms with van der Waals surface area (Å²) in [6.07, 6.45) is 0. The SMILES string of the molecule is COC(=O)c1cc(CBr)ccc1C. The third kappa shape index (κ3) is 2.31. The standard InChI is InChI=1S/C10H11BrO2/c1-7-3-4-8(6-11)5-9(7)10(12)13-2/h3-5H,6H2,1-2H3. The molecule has 0 heterocycles. The molecule has 0 unspecified atom stereocenters. The van der Waals surface area contributed by atoms with Crippen LogP contribution in [0.3, 0.4) is 0 Å². The van der Waals surface area contributed by atoms with Crippen molar-refractivity contribution in [2.24, 2.45) is 0 Å². The zero-order chi connectivity index (χ0) is 9.84. The molecule has 0 aliphatic heterocycles. The minimum absolute atomic E-state index is 0.277. The molecule has 0 aromatic heterocycles. The fourth-order valence-corrected chi connectivity index (χ4v) is 1.43. The number of hydrogen-bond acceptors (Lipinski definition) is 2. The topological polar surface area (TPSA) is 26.3 Å². The largest absolute Gasteiger partial charge is 0.465 e. The summed E-state index contributed by atoms with van der Waals surface area (Å²) in [4.78, 5) is 11.3. The van der Waals surface area contributed by atoms with Crippen molar-refractivity contribution in [3.63, 3.8) is 0 Å². The Morgan fingerprint density at radius 1 is 1.54 bits per heavy atom. The minimum Gasteiger partial charge on any atom is -0.465 e. The zero-order valence-corrected chi connectivity index (χ0v) is 9.22. The van der Waals surface area contributed by atoms with Crippen molar-refractivity contribution >= 4 is 21.9 Å². The van der Waals surface area contributed by atoms with Gasteiger partial charge in [0.15, 0.2) is 0 Å². The Morgan fingerprint density at radius 3 is 2.77 bits per heavy atom. The predicted molar refractivity (Wildman–Crippen MR) is 55.1 cm³/mol. The molecule has 0 atom stereocenters. The maximum atomic E-state index is 11.3. The quantitative estimate of drug-likeness (QED) is 0.589. The van der Waals surface area contributed by atoms with E-state index in [1.807, 2.05) is 25.1 Å². The number of carbonyl (C=O) groups is 1. The summed E-state index contributed by atoms with van der Waals surface area (Å²) in [7, 11) is 1.39. The smallest absolute Gasteiger partial charge is 0.338 e. The molecular weight excluding hydrogens is 232 g/mol. The molecule has 2 nitrogen and oxygen atoms in total. The average molecular weight is 243 g/mol. The maximum absolute atomic E-state index is 11.3. The molecule has 0 radical (unpaired) electrons. The Bertz CT molecular complexity index is 321. The number of esters is 1. The second kappa shape index (κ2) is 4.42. The number of methoxy groups -OCH3 is 1. The molecule has 13 heavy (non-hydrogen) atoms. The summed E-state index contributed by atoms with van der Waals surface area (Å²) in [5, 5.41) is 0.747. The minimum atomic E-state index is -0.277. The molecule has 3 heteroatoms.